The number of hydrogen-bond donors (Lipinski definition) is 1. The second-order valence-electron chi connectivity index (χ2n) is 5.66. The first-order valence-corrected chi connectivity index (χ1v) is 7.75. The fourth-order valence-electron chi connectivity index (χ4n) is 2.92. The highest BCUT2D eigenvalue weighted by atomic mass is 79.9. The Balaban J connectivity index is 1.93. The van der Waals surface area contributed by atoms with E-state index in [1.807, 2.05) is 0 Å². The third kappa shape index (κ3) is 4.42. The molecule has 0 bridgehead atoms. The molecule has 1 saturated carbocycles. The summed E-state index contributed by atoms with van der Waals surface area (Å²) in [6.07, 6.45) is -3.78. The predicted octanol–water partition coefficient (Wildman–Crippen LogP) is 4.86. The van der Waals surface area contributed by atoms with Crippen molar-refractivity contribution in [1.29, 1.82) is 0 Å². The molecule has 0 aliphatic heterocycles. The normalized spacial score (nSPS) is 24.9. The molecule has 1 aliphatic carbocycles. The summed E-state index contributed by atoms with van der Waals surface area (Å²) in [4.78, 5) is 0. The van der Waals surface area contributed by atoms with Crippen LogP contribution in [0.15, 0.2) is 22.7 Å². The van der Waals surface area contributed by atoms with Gasteiger partial charge in [-0.05, 0) is 61.8 Å². The van der Waals surface area contributed by atoms with Gasteiger partial charge in [0.05, 0.1) is 12.0 Å². The Labute approximate surface area is 129 Å². The molecule has 21 heavy (non-hydrogen) atoms. The van der Waals surface area contributed by atoms with Crippen LogP contribution in [0.25, 0.3) is 0 Å². The zero-order chi connectivity index (χ0) is 15.6. The molecular weight excluding hydrogens is 352 g/mol. The Hall–Kier alpha value is -0.620. The second kappa shape index (κ2) is 6.65. The molecule has 1 N–H and O–H groups in total. The molecule has 6 heteroatoms. The highest BCUT2D eigenvalue weighted by Gasteiger charge is 2.42. The van der Waals surface area contributed by atoms with Gasteiger partial charge in [-0.25, -0.2) is 4.39 Å². The van der Waals surface area contributed by atoms with Crippen molar-refractivity contribution in [3.05, 3.63) is 34.1 Å². The van der Waals surface area contributed by atoms with E-state index in [1.165, 1.54) is 12.1 Å². The molecule has 2 rings (SSSR count). The van der Waals surface area contributed by atoms with Crippen LogP contribution in [0.5, 0.6) is 0 Å². The lowest BCUT2D eigenvalue weighted by molar-refractivity contribution is -0.185. The van der Waals surface area contributed by atoms with E-state index in [0.717, 1.165) is 0 Å². The first-order valence-electron chi connectivity index (χ1n) is 6.96. The smallest absolute Gasteiger partial charge is 0.391 e. The van der Waals surface area contributed by atoms with E-state index in [1.54, 1.807) is 6.07 Å². The maximum atomic E-state index is 13.2. The zero-order valence-corrected chi connectivity index (χ0v) is 12.9. The predicted molar refractivity (Wildman–Crippen MR) is 75.3 cm³/mol. The minimum Gasteiger partial charge on any atom is -0.392 e. The molecule has 118 valence electrons. The van der Waals surface area contributed by atoms with E-state index in [4.69, 9.17) is 0 Å². The second-order valence-corrected chi connectivity index (χ2v) is 6.51. The molecule has 0 radical (unpaired) electrons. The Morgan fingerprint density at radius 2 is 1.81 bits per heavy atom. The topological polar surface area (TPSA) is 20.2 Å². The van der Waals surface area contributed by atoms with Crippen LogP contribution >= 0.6 is 15.9 Å². The van der Waals surface area contributed by atoms with Gasteiger partial charge in [-0.2, -0.15) is 13.2 Å². The van der Waals surface area contributed by atoms with Gasteiger partial charge < -0.3 is 5.11 Å². The molecule has 0 heterocycles. The summed E-state index contributed by atoms with van der Waals surface area (Å²) in [7, 11) is 0. The van der Waals surface area contributed by atoms with E-state index in [9.17, 15) is 22.7 Å². The lowest BCUT2D eigenvalue weighted by Gasteiger charge is -2.32. The average Bonchev–Trinajstić information content (AvgIpc) is 2.42. The van der Waals surface area contributed by atoms with Gasteiger partial charge in [-0.3, -0.25) is 0 Å². The van der Waals surface area contributed by atoms with Crippen LogP contribution in [0.1, 0.15) is 31.2 Å². The lowest BCUT2D eigenvalue weighted by Crippen LogP contribution is -2.32. The van der Waals surface area contributed by atoms with Gasteiger partial charge in [0.2, 0.25) is 0 Å². The molecule has 1 atom stereocenters. The fraction of sp³-hybridized carbons (Fsp3) is 0.600. The van der Waals surface area contributed by atoms with E-state index in [0.29, 0.717) is 22.9 Å². The molecule has 0 saturated heterocycles. The van der Waals surface area contributed by atoms with Crippen molar-refractivity contribution >= 4 is 15.9 Å². The molecule has 1 nitrogen and oxygen atoms in total. The van der Waals surface area contributed by atoms with Crippen LogP contribution in [0.2, 0.25) is 0 Å². The summed E-state index contributed by atoms with van der Waals surface area (Å²) in [6.45, 7) is 0. The van der Waals surface area contributed by atoms with Crippen molar-refractivity contribution in [3.8, 4) is 0 Å². The molecule has 1 fully saturated rings. The van der Waals surface area contributed by atoms with Gasteiger partial charge >= 0.3 is 6.18 Å². The summed E-state index contributed by atoms with van der Waals surface area (Å²) >= 11 is 3.29. The molecule has 0 spiro atoms. The largest absolute Gasteiger partial charge is 0.392 e. The summed E-state index contributed by atoms with van der Waals surface area (Å²) in [5, 5.41) is 10.2. The van der Waals surface area contributed by atoms with Crippen LogP contribution in [-0.2, 0) is 6.42 Å². The van der Waals surface area contributed by atoms with Crippen molar-refractivity contribution in [2.45, 2.75) is 44.4 Å². The van der Waals surface area contributed by atoms with Crippen molar-refractivity contribution in [1.82, 2.24) is 0 Å². The van der Waals surface area contributed by atoms with E-state index < -0.39 is 18.2 Å². The van der Waals surface area contributed by atoms with Crippen molar-refractivity contribution < 1.29 is 22.7 Å². The van der Waals surface area contributed by atoms with E-state index in [-0.39, 0.29) is 31.0 Å². The Morgan fingerprint density at radius 3 is 2.38 bits per heavy atom. The maximum Gasteiger partial charge on any atom is 0.391 e. The Bertz CT molecular complexity index is 481. The number of aliphatic hydroxyl groups is 1. The van der Waals surface area contributed by atoms with Crippen LogP contribution in [0.3, 0.4) is 0 Å². The highest BCUT2D eigenvalue weighted by molar-refractivity contribution is 9.10. The van der Waals surface area contributed by atoms with Crippen molar-refractivity contribution in [3.63, 3.8) is 0 Å². The number of halogens is 5. The minimum atomic E-state index is -4.14. The Morgan fingerprint density at radius 1 is 1.19 bits per heavy atom. The number of hydrogen-bond acceptors (Lipinski definition) is 1. The van der Waals surface area contributed by atoms with Crippen molar-refractivity contribution in [2.75, 3.05) is 0 Å². The molecule has 1 aliphatic rings. The minimum absolute atomic E-state index is 0.0650. The first kappa shape index (κ1) is 16.7. The van der Waals surface area contributed by atoms with Crippen LogP contribution < -0.4 is 0 Å². The quantitative estimate of drug-likeness (QED) is 0.755. The molecule has 1 unspecified atom stereocenters. The van der Waals surface area contributed by atoms with Gasteiger partial charge in [0.1, 0.15) is 5.82 Å². The number of benzene rings is 1. The summed E-state index contributed by atoms with van der Waals surface area (Å²) in [5.74, 6) is -1.79. The van der Waals surface area contributed by atoms with Crippen LogP contribution in [-0.4, -0.2) is 17.4 Å². The lowest BCUT2D eigenvalue weighted by atomic mass is 9.78. The fourth-order valence-corrected chi connectivity index (χ4v) is 3.33. The van der Waals surface area contributed by atoms with Crippen LogP contribution in [0.4, 0.5) is 17.6 Å². The number of rotatable bonds is 3. The van der Waals surface area contributed by atoms with Gasteiger partial charge in [-0.1, -0.05) is 15.9 Å². The first-order chi connectivity index (χ1) is 9.77. The number of aliphatic hydroxyl groups excluding tert-OH is 1. The summed E-state index contributed by atoms with van der Waals surface area (Å²) < 4.78 is 51.7. The summed E-state index contributed by atoms with van der Waals surface area (Å²) in [6, 6.07) is 4.22. The van der Waals surface area contributed by atoms with E-state index >= 15 is 0 Å². The van der Waals surface area contributed by atoms with Gasteiger partial charge in [0, 0.05) is 4.47 Å². The van der Waals surface area contributed by atoms with Gasteiger partial charge in [-0.15, -0.1) is 0 Å². The Kier molecular flexibility index (Phi) is 5.30. The third-order valence-corrected chi connectivity index (χ3v) is 4.99. The van der Waals surface area contributed by atoms with Crippen molar-refractivity contribution in [2.24, 2.45) is 11.8 Å². The highest BCUT2D eigenvalue weighted by Crippen LogP contribution is 2.40. The van der Waals surface area contributed by atoms with Crippen LogP contribution in [0, 0.1) is 17.7 Å². The SMILES string of the molecule is OC(Cc1cc(F)ccc1Br)C1CCC(C(F)(F)F)CC1. The van der Waals surface area contributed by atoms with Gasteiger partial charge in [0.15, 0.2) is 0 Å². The molecule has 0 amide bonds. The third-order valence-electron chi connectivity index (χ3n) is 4.22. The summed E-state index contributed by atoms with van der Waals surface area (Å²) in [5.41, 5.74) is 0.639. The standard InChI is InChI=1S/C15H17BrF4O/c16-13-6-5-12(17)7-10(13)8-14(21)9-1-3-11(4-2-9)15(18,19)20/h5-7,9,11,14,21H,1-4,8H2. The molecule has 0 aromatic heterocycles. The number of alkyl halides is 3. The zero-order valence-electron chi connectivity index (χ0n) is 11.3. The molecule has 1 aromatic rings. The monoisotopic (exact) mass is 368 g/mol. The average molecular weight is 369 g/mol. The molecule has 1 aromatic carbocycles. The maximum absolute atomic E-state index is 13.2. The van der Waals surface area contributed by atoms with E-state index in [2.05, 4.69) is 15.9 Å². The molecular formula is C15H17BrF4O. The van der Waals surface area contributed by atoms with Gasteiger partial charge in [0.25, 0.3) is 0 Å².